The molecule has 1 aromatic heterocycles. The van der Waals surface area contributed by atoms with Crippen LogP contribution in [0.25, 0.3) is 0 Å². The summed E-state index contributed by atoms with van der Waals surface area (Å²) in [6.45, 7) is 0. The normalized spacial score (nSPS) is 9.33. The molecular weight excluding hydrogens is 138 g/mol. The summed E-state index contributed by atoms with van der Waals surface area (Å²) >= 11 is 4.61. The fraction of sp³-hybridized carbons (Fsp3) is 0. The van der Waals surface area contributed by atoms with E-state index in [0.717, 1.165) is 6.21 Å². The lowest BCUT2D eigenvalue weighted by Gasteiger charge is -1.80. The molecule has 0 saturated heterocycles. The van der Waals surface area contributed by atoms with E-state index in [1.54, 1.807) is 0 Å². The Morgan fingerprint density at radius 3 is 2.44 bits per heavy atom. The molecule has 1 aromatic rings. The Hall–Kier alpha value is -1.10. The largest absolute Gasteiger partial charge is 0.493 e. The minimum Gasteiger partial charge on any atom is -0.493 e. The molecule has 9 heavy (non-hydrogen) atoms. The molecule has 0 atom stereocenters. The summed E-state index contributed by atoms with van der Waals surface area (Å²) in [6, 6.07) is 0. The van der Waals surface area contributed by atoms with Gasteiger partial charge in [-0.3, -0.25) is 0 Å². The van der Waals surface area contributed by atoms with Crippen molar-refractivity contribution < 1.29 is 5.11 Å². The van der Waals surface area contributed by atoms with Crippen LogP contribution in [0.4, 0.5) is 0 Å². The van der Waals surface area contributed by atoms with E-state index >= 15 is 0 Å². The van der Waals surface area contributed by atoms with Crippen LogP contribution in [0.1, 0.15) is 5.69 Å². The average Bonchev–Trinajstić information content (AvgIpc) is 2.10. The van der Waals surface area contributed by atoms with Gasteiger partial charge >= 0.3 is 0 Å². The van der Waals surface area contributed by atoms with Crippen molar-refractivity contribution in [2.75, 3.05) is 0 Å². The molecule has 0 bridgehead atoms. The third-order valence-electron chi connectivity index (χ3n) is 0.880. The zero-order valence-electron chi connectivity index (χ0n) is 4.43. The molecule has 1 heterocycles. The van der Waals surface area contributed by atoms with Crippen molar-refractivity contribution in [2.24, 2.45) is 0 Å². The first kappa shape index (κ1) is 6.03. The van der Waals surface area contributed by atoms with Gasteiger partial charge < -0.3 is 20.5 Å². The number of rotatable bonds is 1. The lowest BCUT2D eigenvalue weighted by molar-refractivity contribution is 0.455. The van der Waals surface area contributed by atoms with Crippen LogP contribution in [0.2, 0.25) is 0 Å². The van der Waals surface area contributed by atoms with Gasteiger partial charge in [-0.15, -0.1) is 0 Å². The van der Waals surface area contributed by atoms with E-state index in [4.69, 9.17) is 10.5 Å². The molecule has 48 valence electrons. The summed E-state index contributed by atoms with van der Waals surface area (Å²) in [5.74, 6) is -0.0880. The zero-order valence-corrected chi connectivity index (χ0v) is 5.25. The molecule has 0 saturated carbocycles. The van der Waals surface area contributed by atoms with Gasteiger partial charge in [0.05, 0.1) is 0 Å². The maximum Gasteiger partial charge on any atom is 0.216 e. The van der Waals surface area contributed by atoms with Crippen molar-refractivity contribution in [1.29, 1.82) is 5.41 Å². The molecule has 0 amide bonds. The minimum atomic E-state index is -0.0880. The summed E-state index contributed by atoms with van der Waals surface area (Å²) < 4.78 is 0.325. The second-order valence-corrected chi connectivity index (χ2v) is 1.89. The Bertz CT molecular complexity index is 274. The minimum absolute atomic E-state index is 0.0880. The Kier molecular flexibility index (Phi) is 1.35. The van der Waals surface area contributed by atoms with Crippen LogP contribution in [0, 0.1) is 10.2 Å². The van der Waals surface area contributed by atoms with Crippen LogP contribution in [0.3, 0.4) is 0 Å². The van der Waals surface area contributed by atoms with E-state index in [1.165, 1.54) is 0 Å². The summed E-state index contributed by atoms with van der Waals surface area (Å²) in [6.07, 6.45) is 0.988. The van der Waals surface area contributed by atoms with Gasteiger partial charge in [0.25, 0.3) is 0 Å². The Morgan fingerprint density at radius 2 is 2.22 bits per heavy atom. The van der Waals surface area contributed by atoms with Crippen LogP contribution < -0.4 is 0 Å². The number of aromatic nitrogens is 2. The number of hydrogen-bond donors (Lipinski definition) is 4. The van der Waals surface area contributed by atoms with Gasteiger partial charge in [0.15, 0.2) is 4.77 Å². The lowest BCUT2D eigenvalue weighted by atomic mass is 10.5. The van der Waals surface area contributed by atoms with Crippen molar-refractivity contribution in [3.05, 3.63) is 10.5 Å². The molecule has 0 spiro atoms. The molecule has 0 aromatic carbocycles. The van der Waals surface area contributed by atoms with Gasteiger partial charge in [-0.05, 0) is 12.2 Å². The van der Waals surface area contributed by atoms with E-state index in [2.05, 4.69) is 22.2 Å². The average molecular weight is 143 g/mol. The first-order valence-corrected chi connectivity index (χ1v) is 2.66. The van der Waals surface area contributed by atoms with Crippen LogP contribution in [-0.4, -0.2) is 21.3 Å². The number of aromatic hydroxyl groups is 1. The second kappa shape index (κ2) is 2.02. The maximum atomic E-state index is 8.83. The number of imidazole rings is 1. The molecule has 0 fully saturated rings. The highest BCUT2D eigenvalue weighted by Gasteiger charge is 1.96. The first-order chi connectivity index (χ1) is 4.24. The molecule has 0 radical (unpaired) electrons. The summed E-state index contributed by atoms with van der Waals surface area (Å²) in [5.41, 5.74) is 0.306. The number of hydrogen-bond acceptors (Lipinski definition) is 3. The highest BCUT2D eigenvalue weighted by Crippen LogP contribution is 2.06. The van der Waals surface area contributed by atoms with Gasteiger partial charge in [-0.2, -0.15) is 0 Å². The summed E-state index contributed by atoms with van der Waals surface area (Å²) in [4.78, 5) is 4.98. The molecule has 4 nitrogen and oxygen atoms in total. The van der Waals surface area contributed by atoms with Crippen molar-refractivity contribution in [2.45, 2.75) is 0 Å². The molecular formula is C4H5N3OS. The highest BCUT2D eigenvalue weighted by molar-refractivity contribution is 7.71. The third kappa shape index (κ3) is 0.996. The predicted molar refractivity (Wildman–Crippen MR) is 35.5 cm³/mol. The van der Waals surface area contributed by atoms with E-state index in [1.807, 2.05) is 0 Å². The molecule has 0 aliphatic heterocycles. The van der Waals surface area contributed by atoms with Gasteiger partial charge in [-0.25, -0.2) is 0 Å². The van der Waals surface area contributed by atoms with E-state index < -0.39 is 0 Å². The van der Waals surface area contributed by atoms with Crippen molar-refractivity contribution in [3.63, 3.8) is 0 Å². The highest BCUT2D eigenvalue weighted by atomic mass is 32.1. The van der Waals surface area contributed by atoms with E-state index in [-0.39, 0.29) is 5.88 Å². The van der Waals surface area contributed by atoms with Crippen LogP contribution in [0.5, 0.6) is 5.88 Å². The summed E-state index contributed by atoms with van der Waals surface area (Å²) in [5, 5.41) is 15.5. The Balaban J connectivity index is 3.31. The van der Waals surface area contributed by atoms with E-state index in [9.17, 15) is 0 Å². The van der Waals surface area contributed by atoms with Crippen molar-refractivity contribution in [1.82, 2.24) is 9.97 Å². The van der Waals surface area contributed by atoms with Crippen molar-refractivity contribution in [3.8, 4) is 5.88 Å². The fourth-order valence-corrected chi connectivity index (χ4v) is 0.699. The molecule has 0 aliphatic carbocycles. The topological polar surface area (TPSA) is 75.7 Å². The molecule has 1 rings (SSSR count). The SMILES string of the molecule is N=Cc1[nH]c(=S)[nH]c1O. The third-order valence-corrected chi connectivity index (χ3v) is 1.08. The smallest absolute Gasteiger partial charge is 0.216 e. The van der Waals surface area contributed by atoms with Crippen LogP contribution in [0.15, 0.2) is 0 Å². The zero-order chi connectivity index (χ0) is 6.85. The van der Waals surface area contributed by atoms with Crippen molar-refractivity contribution >= 4 is 18.4 Å². The fourth-order valence-electron chi connectivity index (χ4n) is 0.492. The van der Waals surface area contributed by atoms with Gasteiger partial charge in [0.2, 0.25) is 5.88 Å². The monoisotopic (exact) mass is 143 g/mol. The quantitative estimate of drug-likeness (QED) is 0.346. The summed E-state index contributed by atoms with van der Waals surface area (Å²) in [7, 11) is 0. The molecule has 5 heteroatoms. The number of nitrogens with one attached hydrogen (secondary N) is 3. The standard InChI is InChI=1S/C4H5N3OS/c5-1-2-3(8)7-4(9)6-2/h1,5,8H,(H2,6,7,9). The van der Waals surface area contributed by atoms with Gasteiger partial charge in [-0.1, -0.05) is 0 Å². The van der Waals surface area contributed by atoms with Gasteiger partial charge in [0.1, 0.15) is 5.69 Å². The number of aromatic amines is 2. The Morgan fingerprint density at radius 1 is 1.56 bits per heavy atom. The molecule has 0 unspecified atom stereocenters. The van der Waals surface area contributed by atoms with E-state index in [0.29, 0.717) is 10.5 Å². The number of H-pyrrole nitrogens is 2. The first-order valence-electron chi connectivity index (χ1n) is 2.26. The predicted octanol–water partition coefficient (Wildman–Crippen LogP) is 0.776. The van der Waals surface area contributed by atoms with Crippen LogP contribution in [-0.2, 0) is 0 Å². The maximum absolute atomic E-state index is 8.83. The molecule has 4 N–H and O–H groups in total. The lowest BCUT2D eigenvalue weighted by Crippen LogP contribution is -1.76. The second-order valence-electron chi connectivity index (χ2n) is 1.49. The Labute approximate surface area is 56.1 Å². The van der Waals surface area contributed by atoms with Gasteiger partial charge in [0, 0.05) is 6.21 Å². The molecule has 0 aliphatic rings. The van der Waals surface area contributed by atoms with Crippen LogP contribution >= 0.6 is 12.2 Å².